The van der Waals surface area contributed by atoms with Gasteiger partial charge in [-0.2, -0.15) is 0 Å². The van der Waals surface area contributed by atoms with Crippen LogP contribution in [0.25, 0.3) is 10.9 Å². The lowest BCUT2D eigenvalue weighted by molar-refractivity contribution is 0.626. The van der Waals surface area contributed by atoms with E-state index in [0.717, 1.165) is 26.6 Å². The molecule has 1 aliphatic heterocycles. The zero-order valence-corrected chi connectivity index (χ0v) is 17.6. The van der Waals surface area contributed by atoms with Gasteiger partial charge in [-0.25, -0.2) is 9.37 Å². The second-order valence-corrected chi connectivity index (χ2v) is 8.58. The van der Waals surface area contributed by atoms with Gasteiger partial charge in [0.05, 0.1) is 29.0 Å². The van der Waals surface area contributed by atoms with E-state index in [4.69, 9.17) is 16.6 Å². The molecule has 0 aliphatic carbocycles. The van der Waals surface area contributed by atoms with Crippen LogP contribution in [-0.4, -0.2) is 15.7 Å². The molecule has 7 heteroatoms. The lowest BCUT2D eigenvalue weighted by Crippen LogP contribution is -2.07. The van der Waals surface area contributed by atoms with Crippen LogP contribution in [-0.2, 0) is 0 Å². The maximum Gasteiger partial charge on any atom is 0.258 e. The van der Waals surface area contributed by atoms with Crippen LogP contribution in [0.5, 0.6) is 0 Å². The van der Waals surface area contributed by atoms with Crippen molar-refractivity contribution in [1.82, 2.24) is 9.97 Å². The Hall–Kier alpha value is -3.22. The topological polar surface area (TPSA) is 58.1 Å². The average Bonchev–Trinajstić information content (AvgIpc) is 3.19. The Morgan fingerprint density at radius 1 is 1.00 bits per heavy atom. The summed E-state index contributed by atoms with van der Waals surface area (Å²) in [4.78, 5) is 25.8. The van der Waals surface area contributed by atoms with Gasteiger partial charge in [0.1, 0.15) is 5.82 Å². The fraction of sp³-hybridized carbons (Fsp3) is 0.0417. The predicted octanol–water partition coefficient (Wildman–Crippen LogP) is 5.94. The molecule has 4 nitrogen and oxygen atoms in total. The van der Waals surface area contributed by atoms with Crippen LogP contribution in [0.3, 0.4) is 0 Å². The molecule has 5 rings (SSSR count). The quantitative estimate of drug-likeness (QED) is 0.421. The number of rotatable bonds is 4. The van der Waals surface area contributed by atoms with Gasteiger partial charge in [0.25, 0.3) is 5.56 Å². The van der Waals surface area contributed by atoms with Crippen LogP contribution in [0.1, 0.15) is 17.2 Å². The van der Waals surface area contributed by atoms with E-state index in [-0.39, 0.29) is 17.4 Å². The van der Waals surface area contributed by atoms with Gasteiger partial charge in [-0.3, -0.25) is 9.79 Å². The summed E-state index contributed by atoms with van der Waals surface area (Å²) in [6, 6.07) is 19.3. The van der Waals surface area contributed by atoms with Crippen molar-refractivity contribution in [3.8, 4) is 0 Å². The fourth-order valence-electron chi connectivity index (χ4n) is 3.44. The molecule has 0 amide bonds. The number of allylic oxidation sites excluding steroid dienone is 1. The summed E-state index contributed by atoms with van der Waals surface area (Å²) in [7, 11) is 0. The molecule has 1 aromatic heterocycles. The normalized spacial score (nSPS) is 15.7. The molecule has 0 bridgehead atoms. The van der Waals surface area contributed by atoms with Crippen molar-refractivity contribution in [2.24, 2.45) is 4.99 Å². The van der Waals surface area contributed by atoms with Crippen molar-refractivity contribution < 1.29 is 4.39 Å². The second-order valence-electron chi connectivity index (χ2n) is 7.02. The van der Waals surface area contributed by atoms with Crippen LogP contribution < -0.4 is 5.56 Å². The number of nitrogens with zero attached hydrogens (tertiary/aromatic N) is 2. The van der Waals surface area contributed by atoms with Crippen LogP contribution in [0.4, 0.5) is 4.39 Å². The number of aromatic amines is 1. The minimum Gasteiger partial charge on any atom is -0.313 e. The molecule has 152 valence electrons. The van der Waals surface area contributed by atoms with E-state index in [1.165, 1.54) is 18.5 Å². The monoisotopic (exact) mass is 447 g/mol. The minimum absolute atomic E-state index is 0.180. The number of aliphatic imine (C=N–C) groups is 1. The first-order valence-corrected chi connectivity index (χ1v) is 10.7. The first kappa shape index (κ1) is 19.7. The largest absolute Gasteiger partial charge is 0.313 e. The lowest BCUT2D eigenvalue weighted by Gasteiger charge is -2.08. The van der Waals surface area contributed by atoms with Crippen LogP contribution >= 0.6 is 23.4 Å². The Balaban J connectivity index is 1.58. The van der Waals surface area contributed by atoms with Gasteiger partial charge in [0.2, 0.25) is 0 Å². The third-order valence-electron chi connectivity index (χ3n) is 4.98. The van der Waals surface area contributed by atoms with Gasteiger partial charge < -0.3 is 4.98 Å². The highest BCUT2D eigenvalue weighted by Crippen LogP contribution is 2.39. The molecule has 0 fully saturated rings. The summed E-state index contributed by atoms with van der Waals surface area (Å²) in [5.74, 6) is -0.281. The molecule has 2 heterocycles. The van der Waals surface area contributed by atoms with Gasteiger partial charge in [0, 0.05) is 20.4 Å². The first-order valence-electron chi connectivity index (χ1n) is 9.53. The van der Waals surface area contributed by atoms with Crippen molar-refractivity contribution in [3.63, 3.8) is 0 Å². The van der Waals surface area contributed by atoms with E-state index in [1.807, 2.05) is 36.4 Å². The van der Waals surface area contributed by atoms with Gasteiger partial charge in [0.15, 0.2) is 0 Å². The van der Waals surface area contributed by atoms with Gasteiger partial charge in [-0.05, 0) is 60.2 Å². The van der Waals surface area contributed by atoms with Crippen molar-refractivity contribution in [1.29, 1.82) is 0 Å². The summed E-state index contributed by atoms with van der Waals surface area (Å²) in [6.45, 7) is 0. The zero-order chi connectivity index (χ0) is 21.4. The molecule has 1 aliphatic rings. The summed E-state index contributed by atoms with van der Waals surface area (Å²) in [6.07, 6.45) is 3.46. The molecule has 31 heavy (non-hydrogen) atoms. The molecule has 0 radical (unpaired) electrons. The predicted molar refractivity (Wildman–Crippen MR) is 123 cm³/mol. The maximum absolute atomic E-state index is 13.4. The van der Waals surface area contributed by atoms with Gasteiger partial charge in [-0.1, -0.05) is 41.6 Å². The SMILES string of the molecule is O=c1[nH]cnc2cc(C3=NC(c4ccc(F)cc4)C=C3Sc3ccc(Cl)cc3)ccc12. The number of thioether (sulfide) groups is 1. The van der Waals surface area contributed by atoms with E-state index in [1.54, 1.807) is 30.0 Å². The molecule has 0 saturated heterocycles. The summed E-state index contributed by atoms with van der Waals surface area (Å²) in [5, 5.41) is 1.20. The molecule has 0 saturated carbocycles. The van der Waals surface area contributed by atoms with Crippen molar-refractivity contribution in [2.75, 3.05) is 0 Å². The molecule has 1 N–H and O–H groups in total. The van der Waals surface area contributed by atoms with Gasteiger partial charge in [-0.15, -0.1) is 0 Å². The molecule has 0 spiro atoms. The highest BCUT2D eigenvalue weighted by molar-refractivity contribution is 8.04. The Morgan fingerprint density at radius 3 is 2.55 bits per heavy atom. The van der Waals surface area contributed by atoms with Gasteiger partial charge >= 0.3 is 0 Å². The van der Waals surface area contributed by atoms with Crippen LogP contribution in [0.2, 0.25) is 5.02 Å². The molecule has 1 atom stereocenters. The van der Waals surface area contributed by atoms with E-state index in [0.29, 0.717) is 15.9 Å². The smallest absolute Gasteiger partial charge is 0.258 e. The van der Waals surface area contributed by atoms with Crippen molar-refractivity contribution in [3.05, 3.63) is 116 Å². The third-order valence-corrected chi connectivity index (χ3v) is 6.29. The molecule has 3 aromatic carbocycles. The Labute approximate surface area is 186 Å². The highest BCUT2D eigenvalue weighted by Gasteiger charge is 2.23. The molecule has 4 aromatic rings. The van der Waals surface area contributed by atoms with Crippen molar-refractivity contribution in [2.45, 2.75) is 10.9 Å². The molecular weight excluding hydrogens is 433 g/mol. The average molecular weight is 448 g/mol. The highest BCUT2D eigenvalue weighted by atomic mass is 35.5. The first-order chi connectivity index (χ1) is 15.1. The van der Waals surface area contributed by atoms with E-state index < -0.39 is 0 Å². The summed E-state index contributed by atoms with van der Waals surface area (Å²) in [5.41, 5.74) is 2.99. The number of hydrogen-bond acceptors (Lipinski definition) is 4. The number of nitrogens with one attached hydrogen (secondary N) is 1. The van der Waals surface area contributed by atoms with E-state index in [9.17, 15) is 9.18 Å². The third kappa shape index (κ3) is 4.04. The lowest BCUT2D eigenvalue weighted by atomic mass is 10.1. The van der Waals surface area contributed by atoms with E-state index in [2.05, 4.69) is 16.0 Å². The summed E-state index contributed by atoms with van der Waals surface area (Å²) >= 11 is 7.61. The zero-order valence-electron chi connectivity index (χ0n) is 16.0. The Bertz CT molecular complexity index is 1400. The number of halogens is 2. The van der Waals surface area contributed by atoms with E-state index >= 15 is 0 Å². The number of benzene rings is 3. The second kappa shape index (κ2) is 8.13. The maximum atomic E-state index is 13.4. The Morgan fingerprint density at radius 2 is 1.77 bits per heavy atom. The minimum atomic E-state index is -0.281. The number of hydrogen-bond donors (Lipinski definition) is 1. The number of fused-ring (bicyclic) bond motifs is 1. The molecule has 1 unspecified atom stereocenters. The van der Waals surface area contributed by atoms with Crippen LogP contribution in [0, 0.1) is 5.82 Å². The standard InChI is InChI=1S/C24H15ClFN3OS/c25-16-4-8-18(9-5-16)31-22-12-20(14-1-6-17(26)7-2-14)29-23(22)15-3-10-19-21(11-15)27-13-28-24(19)30/h1-13,20H,(H,27,28,30). The molecular formula is C24H15ClFN3OS. The number of aromatic nitrogens is 2. The Kier molecular flexibility index (Phi) is 5.18. The number of H-pyrrole nitrogens is 1. The summed E-state index contributed by atoms with van der Waals surface area (Å²) < 4.78 is 13.4. The van der Waals surface area contributed by atoms with Crippen molar-refractivity contribution >= 4 is 40.0 Å². The fourth-order valence-corrected chi connectivity index (χ4v) is 4.55. The van der Waals surface area contributed by atoms with Crippen LogP contribution in [0.15, 0.2) is 98.7 Å².